The summed E-state index contributed by atoms with van der Waals surface area (Å²) in [5.41, 5.74) is 6.04. The summed E-state index contributed by atoms with van der Waals surface area (Å²) in [6.07, 6.45) is 1.39. The van der Waals surface area contributed by atoms with Crippen LogP contribution in [0, 0.1) is 6.92 Å². The number of aryl methyl sites for hydroxylation is 1. The monoisotopic (exact) mass is 466 g/mol. The number of hydrogen-bond acceptors (Lipinski definition) is 6. The highest BCUT2D eigenvalue weighted by molar-refractivity contribution is 7.99. The quantitative estimate of drug-likeness (QED) is 0.271. The molecule has 0 spiro atoms. The second-order valence-electron chi connectivity index (χ2n) is 7.56. The summed E-state index contributed by atoms with van der Waals surface area (Å²) in [7, 11) is 0. The van der Waals surface area contributed by atoms with E-state index in [4.69, 9.17) is 0 Å². The van der Waals surface area contributed by atoms with Crippen molar-refractivity contribution in [3.63, 3.8) is 0 Å². The van der Waals surface area contributed by atoms with Gasteiger partial charge in [-0.15, -0.1) is 10.2 Å². The molecule has 0 aliphatic carbocycles. The van der Waals surface area contributed by atoms with Crippen LogP contribution in [0.2, 0.25) is 0 Å². The molecule has 1 amide bonds. The molecule has 2 aromatic carbocycles. The van der Waals surface area contributed by atoms with E-state index in [2.05, 4.69) is 34.6 Å². The number of hydrazone groups is 1. The summed E-state index contributed by atoms with van der Waals surface area (Å²) in [6.45, 7) is 10.7. The molecule has 3 rings (SSSR count). The SMILES string of the molecule is CCn1c(SCC(=O)NN=Cc2ccc([NH+](CC)CC)cc2[O-])nnc1-c1ccc(C)cc1. The van der Waals surface area contributed by atoms with Gasteiger partial charge in [-0.1, -0.05) is 47.3 Å². The van der Waals surface area contributed by atoms with Crippen LogP contribution in [-0.4, -0.2) is 45.7 Å². The minimum atomic E-state index is -0.282. The van der Waals surface area contributed by atoms with Crippen molar-refractivity contribution in [2.24, 2.45) is 5.10 Å². The van der Waals surface area contributed by atoms with Crippen molar-refractivity contribution in [2.75, 3.05) is 18.8 Å². The largest absolute Gasteiger partial charge is 0.872 e. The van der Waals surface area contributed by atoms with E-state index in [9.17, 15) is 9.90 Å². The molecule has 1 aromatic heterocycles. The van der Waals surface area contributed by atoms with Gasteiger partial charge < -0.3 is 14.6 Å². The number of thioether (sulfide) groups is 1. The third kappa shape index (κ3) is 6.21. The summed E-state index contributed by atoms with van der Waals surface area (Å²) < 4.78 is 1.98. The van der Waals surface area contributed by atoms with Gasteiger partial charge in [0.05, 0.1) is 25.1 Å². The molecule has 0 aliphatic heterocycles. The zero-order valence-electron chi connectivity index (χ0n) is 19.5. The Hall–Kier alpha value is -3.17. The van der Waals surface area contributed by atoms with E-state index in [1.807, 2.05) is 48.7 Å². The second kappa shape index (κ2) is 11.6. The van der Waals surface area contributed by atoms with E-state index in [0.717, 1.165) is 30.2 Å². The average molecular weight is 467 g/mol. The van der Waals surface area contributed by atoms with E-state index in [0.29, 0.717) is 17.3 Å². The number of amides is 1. The van der Waals surface area contributed by atoms with Gasteiger partial charge in [0.15, 0.2) is 11.0 Å². The molecule has 0 fully saturated rings. The lowest BCUT2D eigenvalue weighted by atomic mass is 10.1. The predicted molar refractivity (Wildman–Crippen MR) is 130 cm³/mol. The molecule has 0 unspecified atom stereocenters. The smallest absolute Gasteiger partial charge is 0.250 e. The zero-order valence-corrected chi connectivity index (χ0v) is 20.3. The maximum Gasteiger partial charge on any atom is 0.250 e. The number of hydrogen-bond donors (Lipinski definition) is 2. The molecule has 174 valence electrons. The first kappa shape index (κ1) is 24.5. The van der Waals surface area contributed by atoms with Gasteiger partial charge >= 0.3 is 0 Å². The van der Waals surface area contributed by atoms with Crippen molar-refractivity contribution in [3.8, 4) is 17.1 Å². The minimum absolute atomic E-state index is 0.112. The second-order valence-corrected chi connectivity index (χ2v) is 8.50. The maximum absolute atomic E-state index is 12.3. The first-order chi connectivity index (χ1) is 16.0. The molecule has 1 heterocycles. The van der Waals surface area contributed by atoms with Gasteiger partial charge in [-0.2, -0.15) is 5.10 Å². The van der Waals surface area contributed by atoms with E-state index in [1.165, 1.54) is 28.4 Å². The molecule has 0 bridgehead atoms. The summed E-state index contributed by atoms with van der Waals surface area (Å²) in [5.74, 6) is 0.517. The van der Waals surface area contributed by atoms with Gasteiger partial charge in [-0.3, -0.25) is 4.79 Å². The van der Waals surface area contributed by atoms with Crippen LogP contribution in [-0.2, 0) is 11.3 Å². The van der Waals surface area contributed by atoms with E-state index >= 15 is 0 Å². The third-order valence-electron chi connectivity index (χ3n) is 5.34. The molecule has 0 radical (unpaired) electrons. The molecule has 0 saturated heterocycles. The van der Waals surface area contributed by atoms with Crippen LogP contribution in [0.1, 0.15) is 31.9 Å². The Kier molecular flexibility index (Phi) is 8.62. The lowest BCUT2D eigenvalue weighted by Gasteiger charge is -2.18. The number of rotatable bonds is 10. The van der Waals surface area contributed by atoms with E-state index < -0.39 is 0 Å². The predicted octanol–water partition coefficient (Wildman–Crippen LogP) is 2.15. The highest BCUT2D eigenvalue weighted by Crippen LogP contribution is 2.24. The van der Waals surface area contributed by atoms with Crippen molar-refractivity contribution >= 4 is 29.6 Å². The Morgan fingerprint density at radius 2 is 1.88 bits per heavy atom. The molecular weight excluding hydrogens is 436 g/mol. The van der Waals surface area contributed by atoms with Crippen LogP contribution in [0.4, 0.5) is 5.69 Å². The first-order valence-corrected chi connectivity index (χ1v) is 12.1. The van der Waals surface area contributed by atoms with Crippen LogP contribution in [0.3, 0.4) is 0 Å². The Bertz CT molecular complexity index is 1110. The van der Waals surface area contributed by atoms with Crippen molar-refractivity contribution in [1.29, 1.82) is 0 Å². The topological polar surface area (TPSA) is 99.7 Å². The van der Waals surface area contributed by atoms with Gasteiger partial charge in [-0.25, -0.2) is 5.43 Å². The standard InChI is InChI=1S/C24H30N6O2S/c1-5-29(6-2)20-13-12-19(21(31)14-20)15-25-26-22(32)16-33-24-28-27-23(30(24)7-3)18-10-8-17(4)9-11-18/h8-15,31H,5-7,16H2,1-4H3,(H,26,32). The molecule has 0 saturated carbocycles. The minimum Gasteiger partial charge on any atom is -0.872 e. The highest BCUT2D eigenvalue weighted by Gasteiger charge is 2.14. The number of quaternary nitrogens is 1. The fourth-order valence-electron chi connectivity index (χ4n) is 3.45. The van der Waals surface area contributed by atoms with Gasteiger partial charge in [0, 0.05) is 12.1 Å². The van der Waals surface area contributed by atoms with Crippen molar-refractivity contribution in [1.82, 2.24) is 20.2 Å². The molecule has 33 heavy (non-hydrogen) atoms. The number of benzene rings is 2. The first-order valence-electron chi connectivity index (χ1n) is 11.1. The normalized spacial score (nSPS) is 11.4. The van der Waals surface area contributed by atoms with Gasteiger partial charge in [0.25, 0.3) is 5.91 Å². The summed E-state index contributed by atoms with van der Waals surface area (Å²) >= 11 is 1.30. The van der Waals surface area contributed by atoms with E-state index in [-0.39, 0.29) is 17.4 Å². The molecule has 9 heteroatoms. The van der Waals surface area contributed by atoms with Crippen LogP contribution in [0.5, 0.6) is 5.75 Å². The Balaban J connectivity index is 1.58. The molecule has 0 atom stereocenters. The van der Waals surface area contributed by atoms with Gasteiger partial charge in [0.1, 0.15) is 5.69 Å². The Morgan fingerprint density at radius 1 is 1.15 bits per heavy atom. The fourth-order valence-corrected chi connectivity index (χ4v) is 4.25. The number of nitrogens with zero attached hydrogens (tertiary/aromatic N) is 4. The average Bonchev–Trinajstić information content (AvgIpc) is 3.23. The van der Waals surface area contributed by atoms with Crippen LogP contribution >= 0.6 is 11.8 Å². The lowest BCUT2D eigenvalue weighted by Crippen LogP contribution is -3.06. The molecular formula is C24H30N6O2S. The summed E-state index contributed by atoms with van der Waals surface area (Å²) in [6, 6.07) is 13.4. The number of nitrogens with one attached hydrogen (secondary N) is 2. The molecule has 3 aromatic rings. The van der Waals surface area contributed by atoms with Crippen molar-refractivity contribution in [2.45, 2.75) is 39.4 Å². The lowest BCUT2D eigenvalue weighted by molar-refractivity contribution is -0.828. The van der Waals surface area contributed by atoms with Gasteiger partial charge in [0.2, 0.25) is 0 Å². The maximum atomic E-state index is 12.3. The number of carbonyl (C=O) groups excluding carboxylic acids is 1. The highest BCUT2D eigenvalue weighted by atomic mass is 32.2. The Labute approximate surface area is 198 Å². The van der Waals surface area contributed by atoms with Crippen LogP contribution in [0.15, 0.2) is 52.7 Å². The van der Waals surface area contributed by atoms with Crippen LogP contribution in [0.25, 0.3) is 11.4 Å². The van der Waals surface area contributed by atoms with Crippen LogP contribution < -0.4 is 15.4 Å². The summed E-state index contributed by atoms with van der Waals surface area (Å²) in [5, 5.41) is 25.5. The summed E-state index contributed by atoms with van der Waals surface area (Å²) in [4.78, 5) is 13.5. The number of aromatic nitrogens is 3. The molecule has 0 aliphatic rings. The molecule has 2 N–H and O–H groups in total. The van der Waals surface area contributed by atoms with E-state index in [1.54, 1.807) is 12.1 Å². The Morgan fingerprint density at radius 3 is 2.52 bits per heavy atom. The molecule has 8 nitrogen and oxygen atoms in total. The third-order valence-corrected chi connectivity index (χ3v) is 6.31. The van der Waals surface area contributed by atoms with Crippen molar-refractivity contribution < 1.29 is 14.8 Å². The zero-order chi connectivity index (χ0) is 23.8. The number of carbonyl (C=O) groups is 1. The van der Waals surface area contributed by atoms with Crippen molar-refractivity contribution in [3.05, 3.63) is 53.6 Å². The fraction of sp³-hybridized carbons (Fsp3) is 0.333. The van der Waals surface area contributed by atoms with Gasteiger partial charge in [-0.05, 0) is 51.5 Å².